The summed E-state index contributed by atoms with van der Waals surface area (Å²) in [5, 5.41) is 3.43. The monoisotopic (exact) mass is 189 g/mol. The van der Waals surface area contributed by atoms with E-state index in [4.69, 9.17) is 4.74 Å². The van der Waals surface area contributed by atoms with Crippen molar-refractivity contribution in [3.8, 4) is 0 Å². The molecule has 3 rings (SSSR count). The van der Waals surface area contributed by atoms with Gasteiger partial charge in [0.2, 0.25) is 0 Å². The normalized spacial score (nSPS) is 30.6. The Bertz CT molecular complexity index is 333. The van der Waals surface area contributed by atoms with Crippen LogP contribution in [0.5, 0.6) is 0 Å². The van der Waals surface area contributed by atoms with Crippen molar-refractivity contribution < 1.29 is 4.74 Å². The minimum atomic E-state index is 0.300. The Balaban J connectivity index is 1.93. The molecule has 2 aliphatic heterocycles. The molecule has 2 nitrogen and oxygen atoms in total. The van der Waals surface area contributed by atoms with Crippen LogP contribution in [-0.4, -0.2) is 19.2 Å². The quantitative estimate of drug-likeness (QED) is 0.725. The highest BCUT2D eigenvalue weighted by Crippen LogP contribution is 2.32. The summed E-state index contributed by atoms with van der Waals surface area (Å²) in [5.74, 6) is 0. The molecule has 2 aliphatic rings. The Kier molecular flexibility index (Phi) is 2.03. The van der Waals surface area contributed by atoms with E-state index in [0.29, 0.717) is 12.1 Å². The second kappa shape index (κ2) is 3.37. The van der Waals surface area contributed by atoms with Gasteiger partial charge in [0.25, 0.3) is 0 Å². The highest BCUT2D eigenvalue weighted by atomic mass is 16.5. The van der Waals surface area contributed by atoms with Crippen molar-refractivity contribution >= 4 is 0 Å². The van der Waals surface area contributed by atoms with Gasteiger partial charge in [-0.3, -0.25) is 0 Å². The van der Waals surface area contributed by atoms with Crippen molar-refractivity contribution in [2.45, 2.75) is 25.0 Å². The third kappa shape index (κ3) is 1.26. The molecule has 2 heteroatoms. The Hall–Kier alpha value is -0.860. The molecule has 0 radical (unpaired) electrons. The van der Waals surface area contributed by atoms with Crippen LogP contribution in [0.2, 0.25) is 0 Å². The number of hydrogen-bond acceptors (Lipinski definition) is 2. The van der Waals surface area contributed by atoms with Gasteiger partial charge in [0, 0.05) is 6.04 Å². The molecule has 0 amide bonds. The molecule has 1 N–H and O–H groups in total. The van der Waals surface area contributed by atoms with Crippen LogP contribution in [0.3, 0.4) is 0 Å². The summed E-state index contributed by atoms with van der Waals surface area (Å²) in [4.78, 5) is 0. The standard InChI is InChI=1S/C12H15NO/c1-2-4-10-9(3-1)6-8-14-12(10)11-5-7-13-11/h1-4,11-13H,5-8H2/t11-,12-/m0/s1. The number of fused-ring (bicyclic) bond motifs is 1. The fourth-order valence-corrected chi connectivity index (χ4v) is 2.33. The fourth-order valence-electron chi connectivity index (χ4n) is 2.33. The smallest absolute Gasteiger partial charge is 0.0981 e. The van der Waals surface area contributed by atoms with Crippen LogP contribution in [0.25, 0.3) is 0 Å². The van der Waals surface area contributed by atoms with Gasteiger partial charge >= 0.3 is 0 Å². The Morgan fingerprint density at radius 1 is 1.29 bits per heavy atom. The molecule has 1 fully saturated rings. The molecule has 1 saturated heterocycles. The maximum atomic E-state index is 5.85. The first-order valence-electron chi connectivity index (χ1n) is 5.38. The van der Waals surface area contributed by atoms with Gasteiger partial charge in [-0.2, -0.15) is 0 Å². The molecular formula is C12H15NO. The van der Waals surface area contributed by atoms with Crippen molar-refractivity contribution in [2.24, 2.45) is 0 Å². The zero-order valence-electron chi connectivity index (χ0n) is 8.20. The minimum Gasteiger partial charge on any atom is -0.372 e. The summed E-state index contributed by atoms with van der Waals surface area (Å²) in [7, 11) is 0. The summed E-state index contributed by atoms with van der Waals surface area (Å²) in [6, 6.07) is 9.22. The lowest BCUT2D eigenvalue weighted by atomic mass is 9.89. The number of nitrogens with one attached hydrogen (secondary N) is 1. The van der Waals surface area contributed by atoms with E-state index < -0.39 is 0 Å². The van der Waals surface area contributed by atoms with E-state index in [0.717, 1.165) is 19.6 Å². The topological polar surface area (TPSA) is 21.3 Å². The average molecular weight is 189 g/mol. The molecule has 0 aromatic heterocycles. The van der Waals surface area contributed by atoms with E-state index in [2.05, 4.69) is 29.6 Å². The Morgan fingerprint density at radius 3 is 2.93 bits per heavy atom. The molecule has 2 atom stereocenters. The predicted octanol–water partition coefficient (Wildman–Crippen LogP) is 1.66. The van der Waals surface area contributed by atoms with E-state index in [1.54, 1.807) is 0 Å². The van der Waals surface area contributed by atoms with Gasteiger partial charge in [-0.15, -0.1) is 0 Å². The molecule has 14 heavy (non-hydrogen) atoms. The van der Waals surface area contributed by atoms with Gasteiger partial charge < -0.3 is 10.1 Å². The first kappa shape index (κ1) is 8.45. The van der Waals surface area contributed by atoms with Gasteiger partial charge in [0.05, 0.1) is 12.7 Å². The van der Waals surface area contributed by atoms with E-state index >= 15 is 0 Å². The minimum absolute atomic E-state index is 0.300. The molecule has 0 spiro atoms. The van der Waals surface area contributed by atoms with Crippen LogP contribution in [0.15, 0.2) is 24.3 Å². The van der Waals surface area contributed by atoms with Crippen LogP contribution in [0.4, 0.5) is 0 Å². The van der Waals surface area contributed by atoms with Gasteiger partial charge in [-0.05, 0) is 30.5 Å². The number of ether oxygens (including phenoxy) is 1. The van der Waals surface area contributed by atoms with Crippen molar-refractivity contribution in [1.29, 1.82) is 0 Å². The molecule has 1 aromatic rings. The number of hydrogen-bond donors (Lipinski definition) is 1. The molecule has 0 saturated carbocycles. The van der Waals surface area contributed by atoms with Crippen molar-refractivity contribution in [3.63, 3.8) is 0 Å². The van der Waals surface area contributed by atoms with E-state index in [1.165, 1.54) is 17.5 Å². The summed E-state index contributed by atoms with van der Waals surface area (Å²) in [6.07, 6.45) is 2.62. The summed E-state index contributed by atoms with van der Waals surface area (Å²) < 4.78 is 5.85. The maximum absolute atomic E-state index is 5.85. The SMILES string of the molecule is c1ccc2c(c1)CCO[C@@H]2[C@@H]1CCN1. The Labute approximate surface area is 84.3 Å². The van der Waals surface area contributed by atoms with Crippen LogP contribution in [0, 0.1) is 0 Å². The average Bonchev–Trinajstić information content (AvgIpc) is 2.16. The van der Waals surface area contributed by atoms with Crippen LogP contribution in [-0.2, 0) is 11.2 Å². The third-order valence-corrected chi connectivity index (χ3v) is 3.26. The lowest BCUT2D eigenvalue weighted by Gasteiger charge is -2.38. The molecule has 74 valence electrons. The van der Waals surface area contributed by atoms with Gasteiger partial charge in [-0.1, -0.05) is 24.3 Å². The van der Waals surface area contributed by atoms with Crippen LogP contribution < -0.4 is 5.32 Å². The van der Waals surface area contributed by atoms with E-state index in [9.17, 15) is 0 Å². The lowest BCUT2D eigenvalue weighted by molar-refractivity contribution is -0.00149. The summed E-state index contributed by atoms with van der Waals surface area (Å²) in [5.41, 5.74) is 2.87. The fraction of sp³-hybridized carbons (Fsp3) is 0.500. The molecule has 1 aromatic carbocycles. The summed E-state index contributed by atoms with van der Waals surface area (Å²) >= 11 is 0. The zero-order chi connectivity index (χ0) is 9.38. The second-order valence-corrected chi connectivity index (χ2v) is 4.09. The number of rotatable bonds is 1. The zero-order valence-corrected chi connectivity index (χ0v) is 8.20. The summed E-state index contributed by atoms with van der Waals surface area (Å²) in [6.45, 7) is 2.02. The van der Waals surface area contributed by atoms with E-state index in [1.807, 2.05) is 0 Å². The van der Waals surface area contributed by atoms with Crippen LogP contribution in [0.1, 0.15) is 23.7 Å². The van der Waals surface area contributed by atoms with Crippen molar-refractivity contribution in [3.05, 3.63) is 35.4 Å². The second-order valence-electron chi connectivity index (χ2n) is 4.09. The van der Waals surface area contributed by atoms with E-state index in [-0.39, 0.29) is 0 Å². The molecule has 0 unspecified atom stereocenters. The number of benzene rings is 1. The lowest BCUT2D eigenvalue weighted by Crippen LogP contribution is -2.48. The van der Waals surface area contributed by atoms with Crippen LogP contribution >= 0.6 is 0 Å². The van der Waals surface area contributed by atoms with Crippen molar-refractivity contribution in [1.82, 2.24) is 5.32 Å². The van der Waals surface area contributed by atoms with Gasteiger partial charge in [0.1, 0.15) is 0 Å². The Morgan fingerprint density at radius 2 is 2.14 bits per heavy atom. The van der Waals surface area contributed by atoms with Gasteiger partial charge in [-0.25, -0.2) is 0 Å². The molecule has 0 aliphatic carbocycles. The highest BCUT2D eigenvalue weighted by Gasteiger charge is 2.31. The first-order chi connectivity index (χ1) is 6.95. The maximum Gasteiger partial charge on any atom is 0.0981 e. The predicted molar refractivity (Wildman–Crippen MR) is 55.2 cm³/mol. The largest absolute Gasteiger partial charge is 0.372 e. The molecule has 2 heterocycles. The third-order valence-electron chi connectivity index (χ3n) is 3.26. The highest BCUT2D eigenvalue weighted by molar-refractivity contribution is 5.32. The molecule has 0 bridgehead atoms. The van der Waals surface area contributed by atoms with Gasteiger partial charge in [0.15, 0.2) is 0 Å². The first-order valence-corrected chi connectivity index (χ1v) is 5.38. The van der Waals surface area contributed by atoms with Crippen molar-refractivity contribution in [2.75, 3.05) is 13.2 Å². The molecular weight excluding hydrogens is 174 g/mol.